The SMILES string of the molecule is COc1ccc2c(c1)CCCC2Nc1ccc(O)cc1. The van der Waals surface area contributed by atoms with E-state index in [0.717, 1.165) is 24.3 Å². The summed E-state index contributed by atoms with van der Waals surface area (Å²) in [7, 11) is 1.71. The van der Waals surface area contributed by atoms with Crippen LogP contribution in [0.15, 0.2) is 42.5 Å². The van der Waals surface area contributed by atoms with Crippen molar-refractivity contribution in [2.75, 3.05) is 12.4 Å². The molecule has 0 saturated heterocycles. The number of rotatable bonds is 3. The number of anilines is 1. The highest BCUT2D eigenvalue weighted by Gasteiger charge is 2.20. The Balaban J connectivity index is 1.84. The van der Waals surface area contributed by atoms with E-state index in [1.165, 1.54) is 17.5 Å². The molecule has 3 heteroatoms. The summed E-state index contributed by atoms with van der Waals surface area (Å²) in [5.41, 5.74) is 3.76. The van der Waals surface area contributed by atoms with Gasteiger partial charge in [-0.05, 0) is 66.8 Å². The van der Waals surface area contributed by atoms with Crippen molar-refractivity contribution in [2.45, 2.75) is 25.3 Å². The molecule has 104 valence electrons. The van der Waals surface area contributed by atoms with Crippen LogP contribution in [0.25, 0.3) is 0 Å². The molecule has 3 nitrogen and oxygen atoms in total. The van der Waals surface area contributed by atoms with E-state index in [4.69, 9.17) is 4.74 Å². The molecule has 0 saturated carbocycles. The first-order valence-corrected chi connectivity index (χ1v) is 6.98. The largest absolute Gasteiger partial charge is 0.508 e. The Morgan fingerprint density at radius 2 is 1.95 bits per heavy atom. The molecule has 1 aliphatic carbocycles. The van der Waals surface area contributed by atoms with Gasteiger partial charge in [0.2, 0.25) is 0 Å². The van der Waals surface area contributed by atoms with Crippen LogP contribution in [0.3, 0.4) is 0 Å². The first-order chi connectivity index (χ1) is 9.76. The van der Waals surface area contributed by atoms with Gasteiger partial charge in [-0.25, -0.2) is 0 Å². The number of nitrogens with one attached hydrogen (secondary N) is 1. The molecular weight excluding hydrogens is 250 g/mol. The minimum Gasteiger partial charge on any atom is -0.508 e. The molecule has 2 aromatic carbocycles. The normalized spacial score (nSPS) is 17.4. The van der Waals surface area contributed by atoms with Gasteiger partial charge in [-0.2, -0.15) is 0 Å². The monoisotopic (exact) mass is 269 g/mol. The summed E-state index contributed by atoms with van der Waals surface area (Å²) in [4.78, 5) is 0. The van der Waals surface area contributed by atoms with Gasteiger partial charge in [0.05, 0.1) is 13.2 Å². The van der Waals surface area contributed by atoms with Crippen LogP contribution < -0.4 is 10.1 Å². The fourth-order valence-electron chi connectivity index (χ4n) is 2.83. The summed E-state index contributed by atoms with van der Waals surface area (Å²) in [5, 5.41) is 12.9. The first kappa shape index (κ1) is 12.9. The maximum atomic E-state index is 9.34. The van der Waals surface area contributed by atoms with Gasteiger partial charge in [0, 0.05) is 5.69 Å². The van der Waals surface area contributed by atoms with Crippen LogP contribution in [-0.2, 0) is 6.42 Å². The Morgan fingerprint density at radius 1 is 1.15 bits per heavy atom. The molecular formula is C17H19NO2. The Labute approximate surface area is 119 Å². The molecule has 0 radical (unpaired) electrons. The van der Waals surface area contributed by atoms with Crippen LogP contribution >= 0.6 is 0 Å². The molecule has 0 bridgehead atoms. The highest BCUT2D eigenvalue weighted by atomic mass is 16.5. The number of aromatic hydroxyl groups is 1. The van der Waals surface area contributed by atoms with Crippen LogP contribution in [0.5, 0.6) is 11.5 Å². The fraction of sp³-hybridized carbons (Fsp3) is 0.294. The lowest BCUT2D eigenvalue weighted by Crippen LogP contribution is -2.17. The molecule has 0 spiro atoms. The second kappa shape index (κ2) is 5.45. The molecule has 0 aromatic heterocycles. The summed E-state index contributed by atoms with van der Waals surface area (Å²) in [5.74, 6) is 1.22. The summed E-state index contributed by atoms with van der Waals surface area (Å²) in [6, 6.07) is 13.9. The summed E-state index contributed by atoms with van der Waals surface area (Å²) in [6.45, 7) is 0. The number of phenolic OH excluding ortho intramolecular Hbond substituents is 1. The zero-order valence-corrected chi connectivity index (χ0v) is 11.6. The first-order valence-electron chi connectivity index (χ1n) is 6.98. The highest BCUT2D eigenvalue weighted by Crippen LogP contribution is 2.34. The molecule has 1 unspecified atom stereocenters. The maximum absolute atomic E-state index is 9.34. The van der Waals surface area contributed by atoms with Crippen LogP contribution in [0.1, 0.15) is 30.0 Å². The topological polar surface area (TPSA) is 41.5 Å². The van der Waals surface area contributed by atoms with Crippen molar-refractivity contribution in [3.05, 3.63) is 53.6 Å². The van der Waals surface area contributed by atoms with Gasteiger partial charge in [-0.3, -0.25) is 0 Å². The van der Waals surface area contributed by atoms with Gasteiger partial charge < -0.3 is 15.2 Å². The quantitative estimate of drug-likeness (QED) is 0.831. The number of fused-ring (bicyclic) bond motifs is 1. The fourth-order valence-corrected chi connectivity index (χ4v) is 2.83. The molecule has 1 aliphatic rings. The predicted molar refractivity (Wildman–Crippen MR) is 80.4 cm³/mol. The minimum atomic E-state index is 0.296. The molecule has 0 amide bonds. The average molecular weight is 269 g/mol. The van der Waals surface area contributed by atoms with E-state index in [1.54, 1.807) is 19.2 Å². The Morgan fingerprint density at radius 3 is 2.70 bits per heavy atom. The van der Waals surface area contributed by atoms with Gasteiger partial charge in [0.15, 0.2) is 0 Å². The van der Waals surface area contributed by atoms with Crippen molar-refractivity contribution in [2.24, 2.45) is 0 Å². The van der Waals surface area contributed by atoms with Crippen LogP contribution in [-0.4, -0.2) is 12.2 Å². The van der Waals surface area contributed by atoms with Gasteiger partial charge in [-0.1, -0.05) is 6.07 Å². The molecule has 0 aliphatic heterocycles. The molecule has 20 heavy (non-hydrogen) atoms. The maximum Gasteiger partial charge on any atom is 0.119 e. The third-order valence-corrected chi connectivity index (χ3v) is 3.87. The predicted octanol–water partition coefficient (Wildman–Crippen LogP) is 3.89. The molecule has 3 rings (SSSR count). The van der Waals surface area contributed by atoms with Gasteiger partial charge in [-0.15, -0.1) is 0 Å². The van der Waals surface area contributed by atoms with Crippen molar-refractivity contribution in [3.8, 4) is 11.5 Å². The number of methoxy groups -OCH3 is 1. The van der Waals surface area contributed by atoms with Crippen molar-refractivity contribution >= 4 is 5.69 Å². The van der Waals surface area contributed by atoms with Crippen LogP contribution in [0.4, 0.5) is 5.69 Å². The number of hydrogen-bond acceptors (Lipinski definition) is 3. The summed E-state index contributed by atoms with van der Waals surface area (Å²) >= 11 is 0. The van der Waals surface area contributed by atoms with E-state index in [1.807, 2.05) is 18.2 Å². The highest BCUT2D eigenvalue weighted by molar-refractivity contribution is 5.50. The Hall–Kier alpha value is -2.16. The lowest BCUT2D eigenvalue weighted by molar-refractivity contribution is 0.413. The number of ether oxygens (including phenoxy) is 1. The van der Waals surface area contributed by atoms with E-state index in [-0.39, 0.29) is 0 Å². The lowest BCUT2D eigenvalue weighted by atomic mass is 9.87. The smallest absolute Gasteiger partial charge is 0.119 e. The second-order valence-corrected chi connectivity index (χ2v) is 5.20. The standard InChI is InChI=1S/C17H19NO2/c1-20-15-9-10-16-12(11-15)3-2-4-17(16)18-13-5-7-14(19)8-6-13/h5-11,17-19H,2-4H2,1H3. The second-order valence-electron chi connectivity index (χ2n) is 5.20. The minimum absolute atomic E-state index is 0.296. The molecule has 2 N–H and O–H groups in total. The van der Waals surface area contributed by atoms with Crippen molar-refractivity contribution in [1.82, 2.24) is 0 Å². The zero-order chi connectivity index (χ0) is 13.9. The van der Waals surface area contributed by atoms with Crippen LogP contribution in [0.2, 0.25) is 0 Å². The van der Waals surface area contributed by atoms with Crippen molar-refractivity contribution in [1.29, 1.82) is 0 Å². The van der Waals surface area contributed by atoms with Crippen molar-refractivity contribution in [3.63, 3.8) is 0 Å². The van der Waals surface area contributed by atoms with E-state index < -0.39 is 0 Å². The zero-order valence-electron chi connectivity index (χ0n) is 11.6. The molecule has 1 atom stereocenters. The third-order valence-electron chi connectivity index (χ3n) is 3.87. The molecule has 2 aromatic rings. The number of hydrogen-bond donors (Lipinski definition) is 2. The van der Waals surface area contributed by atoms with Crippen molar-refractivity contribution < 1.29 is 9.84 Å². The lowest BCUT2D eigenvalue weighted by Gasteiger charge is -2.27. The number of benzene rings is 2. The van der Waals surface area contributed by atoms with Gasteiger partial charge in [0.1, 0.15) is 11.5 Å². The van der Waals surface area contributed by atoms with E-state index in [2.05, 4.69) is 17.4 Å². The molecule has 0 heterocycles. The Bertz CT molecular complexity index is 592. The van der Waals surface area contributed by atoms with E-state index in [9.17, 15) is 5.11 Å². The third kappa shape index (κ3) is 2.57. The number of aryl methyl sites for hydroxylation is 1. The van der Waals surface area contributed by atoms with Crippen LogP contribution in [0, 0.1) is 0 Å². The van der Waals surface area contributed by atoms with Gasteiger partial charge >= 0.3 is 0 Å². The molecule has 0 fully saturated rings. The van der Waals surface area contributed by atoms with E-state index in [0.29, 0.717) is 11.8 Å². The van der Waals surface area contributed by atoms with Gasteiger partial charge in [0.25, 0.3) is 0 Å². The Kier molecular flexibility index (Phi) is 3.50. The van der Waals surface area contributed by atoms with E-state index >= 15 is 0 Å². The number of phenols is 1. The summed E-state index contributed by atoms with van der Waals surface area (Å²) < 4.78 is 5.30. The summed E-state index contributed by atoms with van der Waals surface area (Å²) in [6.07, 6.45) is 3.41. The average Bonchev–Trinajstić information content (AvgIpc) is 2.49.